The molecule has 37 heavy (non-hydrogen) atoms. The quantitative estimate of drug-likeness (QED) is 0.282. The standard InChI is InChI=1S/C26H28N4O7/c1-5-35-19-9-7-17(13-23(19)33-3)15-27-29-25(31)21-11-12-22(37-21)26(32)30-28-16-18-8-10-20(36-6-2)24(14-18)34-4/h7-16H,5-6H2,1-4H3,(H,29,31)(H,30,32). The second kappa shape index (κ2) is 13.3. The summed E-state index contributed by atoms with van der Waals surface area (Å²) in [4.78, 5) is 24.6. The summed E-state index contributed by atoms with van der Waals surface area (Å²) in [5, 5.41) is 7.83. The van der Waals surface area contributed by atoms with E-state index in [-0.39, 0.29) is 11.5 Å². The summed E-state index contributed by atoms with van der Waals surface area (Å²) in [7, 11) is 3.07. The first-order chi connectivity index (χ1) is 18.0. The first kappa shape index (κ1) is 26.8. The monoisotopic (exact) mass is 508 g/mol. The maximum absolute atomic E-state index is 12.3. The van der Waals surface area contributed by atoms with E-state index in [1.165, 1.54) is 38.8 Å². The van der Waals surface area contributed by atoms with Crippen molar-refractivity contribution < 1.29 is 33.0 Å². The Bertz CT molecular complexity index is 1190. The highest BCUT2D eigenvalue weighted by Gasteiger charge is 2.15. The van der Waals surface area contributed by atoms with Crippen molar-refractivity contribution in [1.82, 2.24) is 10.9 Å². The van der Waals surface area contributed by atoms with Gasteiger partial charge in [0.1, 0.15) is 0 Å². The van der Waals surface area contributed by atoms with E-state index in [1.54, 1.807) is 36.4 Å². The molecule has 194 valence electrons. The van der Waals surface area contributed by atoms with Crippen molar-refractivity contribution in [3.63, 3.8) is 0 Å². The van der Waals surface area contributed by atoms with Gasteiger partial charge in [0.25, 0.3) is 0 Å². The Labute approximate surface area is 214 Å². The van der Waals surface area contributed by atoms with E-state index >= 15 is 0 Å². The third-order valence-corrected chi connectivity index (χ3v) is 4.79. The van der Waals surface area contributed by atoms with Crippen LogP contribution >= 0.6 is 0 Å². The largest absolute Gasteiger partial charge is 0.493 e. The van der Waals surface area contributed by atoms with Crippen LogP contribution in [0.15, 0.2) is 63.2 Å². The van der Waals surface area contributed by atoms with Gasteiger partial charge in [-0.05, 0) is 73.5 Å². The van der Waals surface area contributed by atoms with E-state index < -0.39 is 11.8 Å². The molecule has 1 heterocycles. The van der Waals surface area contributed by atoms with E-state index in [4.69, 9.17) is 23.4 Å². The Morgan fingerprint density at radius 2 is 1.16 bits per heavy atom. The molecule has 0 unspecified atom stereocenters. The number of methoxy groups -OCH3 is 2. The third kappa shape index (κ3) is 7.34. The maximum Gasteiger partial charge on any atom is 0.307 e. The van der Waals surface area contributed by atoms with Crippen molar-refractivity contribution in [2.75, 3.05) is 27.4 Å². The van der Waals surface area contributed by atoms with Crippen LogP contribution in [-0.4, -0.2) is 51.7 Å². The number of furan rings is 1. The molecular formula is C26H28N4O7. The van der Waals surface area contributed by atoms with Crippen LogP contribution in [0.1, 0.15) is 46.1 Å². The Balaban J connectivity index is 1.55. The van der Waals surface area contributed by atoms with E-state index in [1.807, 2.05) is 13.8 Å². The fourth-order valence-electron chi connectivity index (χ4n) is 3.10. The van der Waals surface area contributed by atoms with Gasteiger partial charge >= 0.3 is 11.8 Å². The second-order valence-corrected chi connectivity index (χ2v) is 7.25. The molecule has 0 fully saturated rings. The molecule has 0 aliphatic carbocycles. The number of rotatable bonds is 12. The van der Waals surface area contributed by atoms with Crippen LogP contribution in [0.3, 0.4) is 0 Å². The molecule has 0 saturated carbocycles. The van der Waals surface area contributed by atoms with Crippen LogP contribution < -0.4 is 29.8 Å². The summed E-state index contributed by atoms with van der Waals surface area (Å²) < 4.78 is 26.8. The molecule has 0 aliphatic rings. The molecular weight excluding hydrogens is 480 g/mol. The topological polar surface area (TPSA) is 133 Å². The minimum atomic E-state index is -0.627. The van der Waals surface area contributed by atoms with Crippen LogP contribution in [0.25, 0.3) is 0 Å². The first-order valence-corrected chi connectivity index (χ1v) is 11.4. The fourth-order valence-corrected chi connectivity index (χ4v) is 3.10. The molecule has 3 aromatic rings. The molecule has 3 rings (SSSR count). The SMILES string of the molecule is CCOc1ccc(C=NNC(=O)c2ccc(C(=O)NN=Cc3ccc(OCC)c(OC)c3)o2)cc1OC. The summed E-state index contributed by atoms with van der Waals surface area (Å²) in [5.74, 6) is 0.869. The van der Waals surface area contributed by atoms with Gasteiger partial charge in [0.05, 0.1) is 39.9 Å². The number of ether oxygens (including phenoxy) is 4. The zero-order valence-electron chi connectivity index (χ0n) is 20.9. The van der Waals surface area contributed by atoms with Crippen molar-refractivity contribution in [2.45, 2.75) is 13.8 Å². The third-order valence-electron chi connectivity index (χ3n) is 4.79. The second-order valence-electron chi connectivity index (χ2n) is 7.25. The lowest BCUT2D eigenvalue weighted by Gasteiger charge is -2.09. The maximum atomic E-state index is 12.3. The molecule has 0 saturated heterocycles. The Morgan fingerprint density at radius 3 is 1.54 bits per heavy atom. The van der Waals surface area contributed by atoms with E-state index in [0.717, 1.165) is 0 Å². The Morgan fingerprint density at radius 1 is 0.730 bits per heavy atom. The smallest absolute Gasteiger partial charge is 0.307 e. The van der Waals surface area contributed by atoms with Crippen molar-refractivity contribution in [1.29, 1.82) is 0 Å². The van der Waals surface area contributed by atoms with Gasteiger partial charge in [0, 0.05) is 0 Å². The number of benzene rings is 2. The number of carbonyl (C=O) groups excluding carboxylic acids is 2. The zero-order chi connectivity index (χ0) is 26.6. The van der Waals surface area contributed by atoms with Gasteiger partial charge in [0.15, 0.2) is 34.5 Å². The number of nitrogens with one attached hydrogen (secondary N) is 2. The Kier molecular flexibility index (Phi) is 9.66. The van der Waals surface area contributed by atoms with Crippen molar-refractivity contribution >= 4 is 24.2 Å². The summed E-state index contributed by atoms with van der Waals surface area (Å²) in [6.45, 7) is 4.77. The molecule has 0 spiro atoms. The van der Waals surface area contributed by atoms with Crippen LogP contribution in [0.5, 0.6) is 23.0 Å². The van der Waals surface area contributed by atoms with Gasteiger partial charge in [-0.3, -0.25) is 9.59 Å². The Hall–Kier alpha value is -4.80. The molecule has 0 radical (unpaired) electrons. The predicted molar refractivity (Wildman–Crippen MR) is 137 cm³/mol. The summed E-state index contributed by atoms with van der Waals surface area (Å²) >= 11 is 0. The molecule has 1 aromatic heterocycles. The van der Waals surface area contributed by atoms with Gasteiger partial charge in [0.2, 0.25) is 0 Å². The van der Waals surface area contributed by atoms with E-state index in [0.29, 0.717) is 47.3 Å². The lowest BCUT2D eigenvalue weighted by atomic mass is 10.2. The van der Waals surface area contributed by atoms with Crippen molar-refractivity contribution in [3.05, 3.63) is 71.2 Å². The molecule has 2 aromatic carbocycles. The average molecular weight is 509 g/mol. The lowest BCUT2D eigenvalue weighted by molar-refractivity contribution is 0.0902. The summed E-state index contributed by atoms with van der Waals surface area (Å²) in [6, 6.07) is 13.2. The van der Waals surface area contributed by atoms with Crippen molar-refractivity contribution in [2.24, 2.45) is 10.2 Å². The van der Waals surface area contributed by atoms with E-state index in [9.17, 15) is 9.59 Å². The number of hydrogen-bond acceptors (Lipinski definition) is 9. The van der Waals surface area contributed by atoms with Crippen LogP contribution in [-0.2, 0) is 0 Å². The summed E-state index contributed by atoms with van der Waals surface area (Å²) in [6.07, 6.45) is 2.88. The molecule has 0 atom stereocenters. The molecule has 0 aliphatic heterocycles. The minimum absolute atomic E-state index is 0.0909. The number of amides is 2. The van der Waals surface area contributed by atoms with E-state index in [2.05, 4.69) is 21.1 Å². The predicted octanol–water partition coefficient (Wildman–Crippen LogP) is 3.62. The number of nitrogens with zero attached hydrogens (tertiary/aromatic N) is 2. The summed E-state index contributed by atoms with van der Waals surface area (Å²) in [5.41, 5.74) is 6.06. The van der Waals surface area contributed by atoms with Crippen molar-refractivity contribution in [3.8, 4) is 23.0 Å². The molecule has 11 heteroatoms. The fraction of sp³-hybridized carbons (Fsp3) is 0.231. The van der Waals surface area contributed by atoms with Crippen LogP contribution in [0.2, 0.25) is 0 Å². The zero-order valence-corrected chi connectivity index (χ0v) is 20.9. The normalized spacial score (nSPS) is 10.9. The number of hydrogen-bond donors (Lipinski definition) is 2. The first-order valence-electron chi connectivity index (χ1n) is 11.4. The van der Waals surface area contributed by atoms with Gasteiger partial charge in [-0.1, -0.05) is 0 Å². The highest BCUT2D eigenvalue weighted by molar-refractivity contribution is 5.96. The van der Waals surface area contributed by atoms with Gasteiger partial charge in [-0.15, -0.1) is 0 Å². The van der Waals surface area contributed by atoms with Gasteiger partial charge in [-0.25, -0.2) is 10.9 Å². The minimum Gasteiger partial charge on any atom is -0.493 e. The van der Waals surface area contributed by atoms with Crippen LogP contribution in [0, 0.1) is 0 Å². The highest BCUT2D eigenvalue weighted by atomic mass is 16.5. The van der Waals surface area contributed by atoms with Gasteiger partial charge < -0.3 is 23.4 Å². The molecule has 2 amide bonds. The molecule has 11 nitrogen and oxygen atoms in total. The number of carbonyl (C=O) groups is 2. The van der Waals surface area contributed by atoms with Gasteiger partial charge in [-0.2, -0.15) is 10.2 Å². The number of hydrazone groups is 2. The molecule has 0 bridgehead atoms. The van der Waals surface area contributed by atoms with Crippen LogP contribution in [0.4, 0.5) is 0 Å². The molecule has 2 N–H and O–H groups in total. The lowest BCUT2D eigenvalue weighted by Crippen LogP contribution is -2.18. The highest BCUT2D eigenvalue weighted by Crippen LogP contribution is 2.28. The average Bonchev–Trinajstić information content (AvgIpc) is 3.41.